The lowest BCUT2D eigenvalue weighted by molar-refractivity contribution is 0.931. The molecule has 2 heterocycles. The zero-order valence-corrected chi connectivity index (χ0v) is 7.65. The Bertz CT molecular complexity index is 318. The van der Waals surface area contributed by atoms with Gasteiger partial charge in [-0.1, -0.05) is 13.8 Å². The maximum Gasteiger partial charge on any atom is 0.106 e. The molecular weight excluding hydrogens is 150 g/mol. The Morgan fingerprint density at radius 2 is 1.42 bits per heavy atom. The van der Waals surface area contributed by atoms with E-state index in [0.717, 1.165) is 11.0 Å². The van der Waals surface area contributed by atoms with Gasteiger partial charge in [-0.3, -0.25) is 9.97 Å². The van der Waals surface area contributed by atoms with Crippen LogP contribution in [0.2, 0.25) is 0 Å². The van der Waals surface area contributed by atoms with Crippen LogP contribution in [0, 0.1) is 0 Å². The summed E-state index contributed by atoms with van der Waals surface area (Å²) in [5.41, 5.74) is 1.90. The Labute approximate surface area is 72.1 Å². The lowest BCUT2D eigenvalue weighted by Gasteiger charge is -1.80. The summed E-state index contributed by atoms with van der Waals surface area (Å²) in [7, 11) is 1.96. The molecule has 0 amide bonds. The second-order valence-electron chi connectivity index (χ2n) is 2.25. The molecule has 0 aliphatic heterocycles. The fourth-order valence-corrected chi connectivity index (χ4v) is 0.982. The largest absolute Gasteiger partial charge is 0.353 e. The summed E-state index contributed by atoms with van der Waals surface area (Å²) in [6, 6.07) is 0. The first-order valence-electron chi connectivity index (χ1n) is 4.09. The smallest absolute Gasteiger partial charge is 0.106 e. The normalized spacial score (nSPS) is 9.25. The Hall–Kier alpha value is -1.38. The van der Waals surface area contributed by atoms with Crippen LogP contribution in [0.25, 0.3) is 11.0 Å². The summed E-state index contributed by atoms with van der Waals surface area (Å²) in [5, 5.41) is 0. The molecule has 3 nitrogen and oxygen atoms in total. The molecule has 0 bridgehead atoms. The first kappa shape index (κ1) is 8.71. The molecule has 0 saturated carbocycles. The van der Waals surface area contributed by atoms with Crippen molar-refractivity contribution in [3.63, 3.8) is 0 Å². The van der Waals surface area contributed by atoms with E-state index in [4.69, 9.17) is 0 Å². The molecule has 0 aliphatic carbocycles. The molecule has 0 fully saturated rings. The Morgan fingerprint density at radius 3 is 1.83 bits per heavy atom. The highest BCUT2D eigenvalue weighted by Crippen LogP contribution is 2.05. The van der Waals surface area contributed by atoms with E-state index in [1.807, 2.05) is 37.9 Å². The van der Waals surface area contributed by atoms with E-state index in [0.29, 0.717) is 0 Å². The van der Waals surface area contributed by atoms with E-state index < -0.39 is 0 Å². The number of aromatic nitrogens is 3. The third kappa shape index (κ3) is 1.61. The lowest BCUT2D eigenvalue weighted by atomic mass is 10.5. The van der Waals surface area contributed by atoms with Crippen molar-refractivity contribution >= 4 is 11.0 Å². The van der Waals surface area contributed by atoms with Crippen molar-refractivity contribution < 1.29 is 0 Å². The zero-order valence-electron chi connectivity index (χ0n) is 7.65. The van der Waals surface area contributed by atoms with Crippen molar-refractivity contribution in [1.82, 2.24) is 14.5 Å². The van der Waals surface area contributed by atoms with Crippen LogP contribution in [0.1, 0.15) is 13.8 Å². The van der Waals surface area contributed by atoms with Crippen LogP contribution in [0.5, 0.6) is 0 Å². The first-order chi connectivity index (χ1) is 5.86. The van der Waals surface area contributed by atoms with E-state index in [-0.39, 0.29) is 0 Å². The molecule has 0 atom stereocenters. The van der Waals surface area contributed by atoms with Gasteiger partial charge in [-0.05, 0) is 0 Å². The molecular formula is C9H13N3. The van der Waals surface area contributed by atoms with Crippen LogP contribution in [0.3, 0.4) is 0 Å². The predicted molar refractivity (Wildman–Crippen MR) is 49.9 cm³/mol. The van der Waals surface area contributed by atoms with Gasteiger partial charge in [0.2, 0.25) is 0 Å². The Morgan fingerprint density at radius 1 is 1.00 bits per heavy atom. The van der Waals surface area contributed by atoms with Crippen molar-refractivity contribution in [2.75, 3.05) is 0 Å². The van der Waals surface area contributed by atoms with Gasteiger partial charge in [0.25, 0.3) is 0 Å². The molecule has 0 unspecified atom stereocenters. The number of nitrogens with zero attached hydrogens (tertiary/aromatic N) is 3. The van der Waals surface area contributed by atoms with Gasteiger partial charge in [0.15, 0.2) is 0 Å². The predicted octanol–water partition coefficient (Wildman–Crippen LogP) is 1.99. The van der Waals surface area contributed by atoms with Gasteiger partial charge in [0.1, 0.15) is 11.0 Å². The highest BCUT2D eigenvalue weighted by molar-refractivity contribution is 5.72. The third-order valence-corrected chi connectivity index (χ3v) is 1.41. The number of fused-ring (bicyclic) bond motifs is 1. The van der Waals surface area contributed by atoms with Gasteiger partial charge in [-0.15, -0.1) is 0 Å². The van der Waals surface area contributed by atoms with Crippen molar-refractivity contribution in [3.8, 4) is 0 Å². The molecule has 2 aromatic rings. The number of aryl methyl sites for hydroxylation is 1. The topological polar surface area (TPSA) is 30.7 Å². The van der Waals surface area contributed by atoms with Crippen LogP contribution in [0.4, 0.5) is 0 Å². The minimum Gasteiger partial charge on any atom is -0.353 e. The molecule has 3 heteroatoms. The molecule has 2 aromatic heterocycles. The highest BCUT2D eigenvalue weighted by atomic mass is 14.9. The van der Waals surface area contributed by atoms with Gasteiger partial charge in [0.05, 0.1) is 0 Å². The van der Waals surface area contributed by atoms with E-state index in [2.05, 4.69) is 9.97 Å². The second kappa shape index (κ2) is 3.85. The molecule has 0 aliphatic rings. The fraction of sp³-hybridized carbons (Fsp3) is 0.333. The average molecular weight is 163 g/mol. The summed E-state index contributed by atoms with van der Waals surface area (Å²) >= 11 is 0. The second-order valence-corrected chi connectivity index (χ2v) is 2.25. The zero-order chi connectivity index (χ0) is 8.97. The van der Waals surface area contributed by atoms with Gasteiger partial charge in [0, 0.05) is 31.8 Å². The van der Waals surface area contributed by atoms with E-state index in [1.165, 1.54) is 0 Å². The van der Waals surface area contributed by atoms with E-state index in [9.17, 15) is 0 Å². The number of hydrogen-bond donors (Lipinski definition) is 0. The SMILES string of the molecule is CC.Cn1cc2nccnc2c1. The molecule has 12 heavy (non-hydrogen) atoms. The quantitative estimate of drug-likeness (QED) is 0.594. The van der Waals surface area contributed by atoms with Crippen molar-refractivity contribution in [2.24, 2.45) is 7.05 Å². The summed E-state index contributed by atoms with van der Waals surface area (Å²) < 4.78 is 1.95. The summed E-state index contributed by atoms with van der Waals surface area (Å²) in [6.07, 6.45) is 7.29. The van der Waals surface area contributed by atoms with Gasteiger partial charge < -0.3 is 4.57 Å². The maximum absolute atomic E-state index is 4.12. The molecule has 64 valence electrons. The van der Waals surface area contributed by atoms with E-state index >= 15 is 0 Å². The summed E-state index contributed by atoms with van der Waals surface area (Å²) in [4.78, 5) is 8.24. The fourth-order valence-electron chi connectivity index (χ4n) is 0.982. The van der Waals surface area contributed by atoms with Gasteiger partial charge in [-0.25, -0.2) is 0 Å². The number of hydrogen-bond acceptors (Lipinski definition) is 2. The molecule has 0 saturated heterocycles. The average Bonchev–Trinajstić information content (AvgIpc) is 2.48. The number of rotatable bonds is 0. The molecule has 0 aromatic carbocycles. The summed E-state index contributed by atoms with van der Waals surface area (Å²) in [6.45, 7) is 4.00. The monoisotopic (exact) mass is 163 g/mol. The van der Waals surface area contributed by atoms with Crippen LogP contribution in [-0.4, -0.2) is 14.5 Å². The van der Waals surface area contributed by atoms with Crippen LogP contribution < -0.4 is 0 Å². The van der Waals surface area contributed by atoms with Crippen LogP contribution in [0.15, 0.2) is 24.8 Å². The molecule has 0 spiro atoms. The lowest BCUT2D eigenvalue weighted by Crippen LogP contribution is -1.76. The van der Waals surface area contributed by atoms with Gasteiger partial charge >= 0.3 is 0 Å². The first-order valence-corrected chi connectivity index (χ1v) is 4.09. The van der Waals surface area contributed by atoms with E-state index in [1.54, 1.807) is 12.4 Å². The van der Waals surface area contributed by atoms with Gasteiger partial charge in [-0.2, -0.15) is 0 Å². The molecule has 2 rings (SSSR count). The molecule has 0 N–H and O–H groups in total. The van der Waals surface area contributed by atoms with Crippen LogP contribution >= 0.6 is 0 Å². The standard InChI is InChI=1S/C7H7N3.C2H6/c1-10-4-6-7(5-10)9-3-2-8-6;1-2/h2-5H,1H3;1-2H3. The van der Waals surface area contributed by atoms with Crippen LogP contribution in [-0.2, 0) is 7.05 Å². The third-order valence-electron chi connectivity index (χ3n) is 1.41. The Kier molecular flexibility index (Phi) is 2.80. The van der Waals surface area contributed by atoms with Crippen molar-refractivity contribution in [2.45, 2.75) is 13.8 Å². The maximum atomic E-state index is 4.12. The van der Waals surface area contributed by atoms with Crippen molar-refractivity contribution in [1.29, 1.82) is 0 Å². The highest BCUT2D eigenvalue weighted by Gasteiger charge is 1.94. The minimum atomic E-state index is 0.949. The Balaban J connectivity index is 0.000000336. The minimum absolute atomic E-state index is 0.949. The molecule has 0 radical (unpaired) electrons. The van der Waals surface area contributed by atoms with Crippen molar-refractivity contribution in [3.05, 3.63) is 24.8 Å². The summed E-state index contributed by atoms with van der Waals surface area (Å²) in [5.74, 6) is 0.